The van der Waals surface area contributed by atoms with Crippen molar-refractivity contribution < 1.29 is 13.9 Å². The van der Waals surface area contributed by atoms with Gasteiger partial charge in [-0.15, -0.1) is 0 Å². The van der Waals surface area contributed by atoms with E-state index in [2.05, 4.69) is 25.8 Å². The summed E-state index contributed by atoms with van der Waals surface area (Å²) < 4.78 is 18.8. The molecule has 4 rings (SSSR count). The molecule has 0 radical (unpaired) electrons. The second kappa shape index (κ2) is 9.74. The van der Waals surface area contributed by atoms with Crippen molar-refractivity contribution in [3.63, 3.8) is 0 Å². The lowest BCUT2D eigenvalue weighted by Crippen LogP contribution is -2.33. The minimum Gasteiger partial charge on any atom is -0.489 e. The van der Waals surface area contributed by atoms with Crippen LogP contribution in [0.2, 0.25) is 0 Å². The molecule has 4 aromatic rings. The standard InChI is InChI=1S/C24H22FN5O2/c1-16-26-23(30-29-16)22(18-6-3-2-4-7-18)28-24(31)27-20-8-5-9-21(14-20)32-15-17-10-12-19(25)13-11-17/h2-14,22H,15H2,1H3,(H,26,29,30)(H2,27,28,31). The van der Waals surface area contributed by atoms with Gasteiger partial charge in [-0.1, -0.05) is 48.5 Å². The molecule has 0 saturated heterocycles. The SMILES string of the molecule is Cc1nc(C(NC(=O)Nc2cccc(OCc3ccc(F)cc3)c2)c2ccccc2)n[nH]1. The molecule has 0 bridgehead atoms. The van der Waals surface area contributed by atoms with Crippen LogP contribution in [0.3, 0.4) is 0 Å². The summed E-state index contributed by atoms with van der Waals surface area (Å²) in [7, 11) is 0. The highest BCUT2D eigenvalue weighted by atomic mass is 19.1. The third-order valence-electron chi connectivity index (χ3n) is 4.69. The van der Waals surface area contributed by atoms with Gasteiger partial charge in [0.25, 0.3) is 0 Å². The largest absolute Gasteiger partial charge is 0.489 e. The molecule has 0 saturated carbocycles. The minimum absolute atomic E-state index is 0.288. The number of aryl methyl sites for hydroxylation is 1. The Bertz CT molecular complexity index is 1180. The minimum atomic E-state index is -0.515. The zero-order valence-corrected chi connectivity index (χ0v) is 17.4. The third-order valence-corrected chi connectivity index (χ3v) is 4.69. The maximum Gasteiger partial charge on any atom is 0.320 e. The molecule has 8 heteroatoms. The van der Waals surface area contributed by atoms with Crippen molar-refractivity contribution in [1.29, 1.82) is 0 Å². The van der Waals surface area contributed by atoms with Crippen LogP contribution in [0.4, 0.5) is 14.9 Å². The van der Waals surface area contributed by atoms with E-state index in [1.165, 1.54) is 12.1 Å². The number of carbonyl (C=O) groups is 1. The molecule has 1 aromatic heterocycles. The number of rotatable bonds is 7. The van der Waals surface area contributed by atoms with E-state index in [0.29, 0.717) is 23.1 Å². The first-order chi connectivity index (χ1) is 15.6. The Morgan fingerprint density at radius 3 is 2.56 bits per heavy atom. The number of hydrogen-bond acceptors (Lipinski definition) is 4. The maximum atomic E-state index is 13.0. The topological polar surface area (TPSA) is 91.9 Å². The van der Waals surface area contributed by atoms with Crippen LogP contribution in [0, 0.1) is 12.7 Å². The zero-order valence-electron chi connectivity index (χ0n) is 17.4. The van der Waals surface area contributed by atoms with Gasteiger partial charge in [-0.2, -0.15) is 5.10 Å². The predicted octanol–water partition coefficient (Wildman–Crippen LogP) is 4.74. The smallest absolute Gasteiger partial charge is 0.320 e. The highest BCUT2D eigenvalue weighted by Crippen LogP contribution is 2.21. The molecule has 0 spiro atoms. The number of hydrogen-bond donors (Lipinski definition) is 3. The van der Waals surface area contributed by atoms with E-state index in [-0.39, 0.29) is 12.4 Å². The van der Waals surface area contributed by atoms with Gasteiger partial charge in [-0.05, 0) is 42.3 Å². The van der Waals surface area contributed by atoms with Crippen molar-refractivity contribution in [2.75, 3.05) is 5.32 Å². The van der Waals surface area contributed by atoms with E-state index in [4.69, 9.17) is 4.74 Å². The maximum absolute atomic E-state index is 13.0. The predicted molar refractivity (Wildman–Crippen MR) is 119 cm³/mol. The summed E-state index contributed by atoms with van der Waals surface area (Å²) in [6.45, 7) is 2.09. The molecule has 0 fully saturated rings. The van der Waals surface area contributed by atoms with Crippen molar-refractivity contribution >= 4 is 11.7 Å². The first kappa shape index (κ1) is 21.0. The van der Waals surface area contributed by atoms with Crippen molar-refractivity contribution in [2.45, 2.75) is 19.6 Å². The number of nitrogens with one attached hydrogen (secondary N) is 3. The first-order valence-corrected chi connectivity index (χ1v) is 10.1. The Kier molecular flexibility index (Phi) is 6.41. The number of benzene rings is 3. The fraction of sp³-hybridized carbons (Fsp3) is 0.125. The average Bonchev–Trinajstić information content (AvgIpc) is 3.24. The number of H-pyrrole nitrogens is 1. The number of halogens is 1. The van der Waals surface area contributed by atoms with Gasteiger partial charge >= 0.3 is 6.03 Å². The Hall–Kier alpha value is -4.20. The van der Waals surface area contributed by atoms with Crippen molar-refractivity contribution in [1.82, 2.24) is 20.5 Å². The third kappa shape index (κ3) is 5.48. The summed E-state index contributed by atoms with van der Waals surface area (Å²) in [6, 6.07) is 21.7. The van der Waals surface area contributed by atoms with Gasteiger partial charge in [-0.3, -0.25) is 5.10 Å². The lowest BCUT2D eigenvalue weighted by atomic mass is 10.1. The Morgan fingerprint density at radius 1 is 1.06 bits per heavy atom. The molecule has 0 aliphatic carbocycles. The summed E-state index contributed by atoms with van der Waals surface area (Å²) in [4.78, 5) is 17.1. The van der Waals surface area contributed by atoms with Crippen molar-refractivity contribution in [3.05, 3.63) is 107 Å². The number of aromatic nitrogens is 3. The van der Waals surface area contributed by atoms with Gasteiger partial charge in [0.05, 0.1) is 0 Å². The van der Waals surface area contributed by atoms with Gasteiger partial charge in [0.1, 0.15) is 30.0 Å². The monoisotopic (exact) mass is 431 g/mol. The number of urea groups is 1. The number of anilines is 1. The van der Waals surface area contributed by atoms with Crippen molar-refractivity contribution in [2.24, 2.45) is 0 Å². The van der Waals surface area contributed by atoms with Crippen LogP contribution in [-0.2, 0) is 6.61 Å². The molecule has 7 nitrogen and oxygen atoms in total. The van der Waals surface area contributed by atoms with Crippen LogP contribution >= 0.6 is 0 Å². The number of ether oxygens (including phenoxy) is 1. The van der Waals surface area contributed by atoms with Crippen LogP contribution < -0.4 is 15.4 Å². The molecule has 162 valence electrons. The molecule has 0 aliphatic heterocycles. The van der Waals surface area contributed by atoms with Crippen LogP contribution in [0.5, 0.6) is 5.75 Å². The van der Waals surface area contributed by atoms with E-state index >= 15 is 0 Å². The molecule has 3 N–H and O–H groups in total. The molecule has 0 aliphatic rings. The second-order valence-corrected chi connectivity index (χ2v) is 7.16. The molecular formula is C24H22FN5O2. The molecule has 1 atom stereocenters. The summed E-state index contributed by atoms with van der Waals surface area (Å²) in [6.07, 6.45) is 0. The molecule has 2 amide bonds. The van der Waals surface area contributed by atoms with Gasteiger partial charge in [0.15, 0.2) is 5.82 Å². The molecule has 3 aromatic carbocycles. The number of nitrogens with zero attached hydrogens (tertiary/aromatic N) is 2. The van der Waals surface area contributed by atoms with E-state index < -0.39 is 12.1 Å². The Balaban J connectivity index is 1.42. The lowest BCUT2D eigenvalue weighted by Gasteiger charge is -2.17. The first-order valence-electron chi connectivity index (χ1n) is 10.1. The quantitative estimate of drug-likeness (QED) is 0.394. The summed E-state index contributed by atoms with van der Waals surface area (Å²) in [5.41, 5.74) is 2.27. The van der Waals surface area contributed by atoms with Gasteiger partial charge in [0.2, 0.25) is 0 Å². The van der Waals surface area contributed by atoms with E-state index in [1.807, 2.05) is 30.3 Å². The van der Waals surface area contributed by atoms with Gasteiger partial charge in [-0.25, -0.2) is 14.2 Å². The fourth-order valence-corrected chi connectivity index (χ4v) is 3.14. The molecule has 1 unspecified atom stereocenters. The van der Waals surface area contributed by atoms with Crippen LogP contribution in [0.1, 0.15) is 28.8 Å². The average molecular weight is 431 g/mol. The zero-order chi connectivity index (χ0) is 22.3. The molecular weight excluding hydrogens is 409 g/mol. The molecule has 1 heterocycles. The number of amides is 2. The van der Waals surface area contributed by atoms with E-state index in [0.717, 1.165) is 11.1 Å². The van der Waals surface area contributed by atoms with Crippen LogP contribution in [-0.4, -0.2) is 21.2 Å². The van der Waals surface area contributed by atoms with E-state index in [9.17, 15) is 9.18 Å². The number of carbonyl (C=O) groups excluding carboxylic acids is 1. The fourth-order valence-electron chi connectivity index (χ4n) is 3.14. The van der Waals surface area contributed by atoms with Gasteiger partial charge < -0.3 is 15.4 Å². The van der Waals surface area contributed by atoms with Crippen LogP contribution in [0.25, 0.3) is 0 Å². The van der Waals surface area contributed by atoms with Gasteiger partial charge in [0, 0.05) is 11.8 Å². The summed E-state index contributed by atoms with van der Waals surface area (Å²) in [5, 5.41) is 12.8. The lowest BCUT2D eigenvalue weighted by molar-refractivity contribution is 0.249. The summed E-state index contributed by atoms with van der Waals surface area (Å²) in [5.74, 6) is 1.42. The summed E-state index contributed by atoms with van der Waals surface area (Å²) >= 11 is 0. The van der Waals surface area contributed by atoms with Crippen molar-refractivity contribution in [3.8, 4) is 5.75 Å². The second-order valence-electron chi connectivity index (χ2n) is 7.16. The van der Waals surface area contributed by atoms with E-state index in [1.54, 1.807) is 43.3 Å². The number of aromatic amines is 1. The van der Waals surface area contributed by atoms with Crippen LogP contribution in [0.15, 0.2) is 78.9 Å². The highest BCUT2D eigenvalue weighted by molar-refractivity contribution is 5.89. The normalized spacial score (nSPS) is 11.6. The molecule has 32 heavy (non-hydrogen) atoms. The Morgan fingerprint density at radius 2 is 1.84 bits per heavy atom. The highest BCUT2D eigenvalue weighted by Gasteiger charge is 2.21. The Labute approximate surface area is 184 Å².